The van der Waals surface area contributed by atoms with E-state index in [1.54, 1.807) is 6.07 Å². The molecule has 3 heterocycles. The number of aromatic carboxylic acids is 1. The Labute approximate surface area is 127 Å². The smallest absolute Gasteiger partial charge is 0.354 e. The van der Waals surface area contributed by atoms with Crippen molar-refractivity contribution in [2.75, 3.05) is 18.0 Å². The van der Waals surface area contributed by atoms with Gasteiger partial charge in [-0.15, -0.1) is 11.3 Å². The normalized spacial score (nSPS) is 16.1. The summed E-state index contributed by atoms with van der Waals surface area (Å²) < 4.78 is 0. The molecule has 0 amide bonds. The molecule has 110 valence electrons. The number of carboxylic acid groups (broad SMARTS) is 1. The molecule has 0 radical (unpaired) electrons. The SMILES string of the molecule is CC1CCN(c2cc(C(=O)O)nc(-c3cccs3)n2)CC1. The van der Waals surface area contributed by atoms with E-state index in [0.29, 0.717) is 5.82 Å². The van der Waals surface area contributed by atoms with Crippen LogP contribution in [-0.4, -0.2) is 34.1 Å². The number of thiophene rings is 1. The number of hydrogen-bond acceptors (Lipinski definition) is 5. The zero-order chi connectivity index (χ0) is 14.8. The van der Waals surface area contributed by atoms with Gasteiger partial charge < -0.3 is 10.0 Å². The highest BCUT2D eigenvalue weighted by Gasteiger charge is 2.20. The molecule has 0 aliphatic carbocycles. The lowest BCUT2D eigenvalue weighted by atomic mass is 9.99. The van der Waals surface area contributed by atoms with E-state index >= 15 is 0 Å². The van der Waals surface area contributed by atoms with Crippen molar-refractivity contribution in [3.05, 3.63) is 29.3 Å². The molecule has 1 aliphatic rings. The molecule has 0 atom stereocenters. The van der Waals surface area contributed by atoms with Crippen LogP contribution in [0.1, 0.15) is 30.3 Å². The summed E-state index contributed by atoms with van der Waals surface area (Å²) in [6.07, 6.45) is 2.22. The van der Waals surface area contributed by atoms with Crippen molar-refractivity contribution in [1.82, 2.24) is 9.97 Å². The minimum atomic E-state index is -1.01. The van der Waals surface area contributed by atoms with Crippen LogP contribution < -0.4 is 4.90 Å². The Bertz CT molecular complexity index is 634. The molecule has 3 rings (SSSR count). The topological polar surface area (TPSA) is 66.3 Å². The van der Waals surface area contributed by atoms with Gasteiger partial charge >= 0.3 is 5.97 Å². The number of anilines is 1. The molecule has 21 heavy (non-hydrogen) atoms. The number of aromatic nitrogens is 2. The van der Waals surface area contributed by atoms with Gasteiger partial charge in [0.25, 0.3) is 0 Å². The monoisotopic (exact) mass is 303 g/mol. The lowest BCUT2D eigenvalue weighted by Crippen LogP contribution is -2.33. The summed E-state index contributed by atoms with van der Waals surface area (Å²) in [7, 11) is 0. The Hall–Kier alpha value is -1.95. The van der Waals surface area contributed by atoms with Crippen LogP contribution in [0, 0.1) is 5.92 Å². The van der Waals surface area contributed by atoms with Crippen molar-refractivity contribution < 1.29 is 9.90 Å². The van der Waals surface area contributed by atoms with Gasteiger partial charge in [-0.05, 0) is 30.2 Å². The van der Waals surface area contributed by atoms with Crippen LogP contribution in [0.25, 0.3) is 10.7 Å². The molecule has 6 heteroatoms. The lowest BCUT2D eigenvalue weighted by Gasteiger charge is -2.31. The largest absolute Gasteiger partial charge is 0.477 e. The van der Waals surface area contributed by atoms with Gasteiger partial charge in [-0.2, -0.15) is 0 Å². The third-order valence-electron chi connectivity index (χ3n) is 3.78. The van der Waals surface area contributed by atoms with E-state index in [2.05, 4.69) is 21.8 Å². The number of hydrogen-bond donors (Lipinski definition) is 1. The Morgan fingerprint density at radius 2 is 2.14 bits per heavy atom. The minimum absolute atomic E-state index is 0.0574. The molecule has 1 fully saturated rings. The predicted molar refractivity (Wildman–Crippen MR) is 82.9 cm³/mol. The molecule has 0 spiro atoms. The van der Waals surface area contributed by atoms with Crippen molar-refractivity contribution in [3.63, 3.8) is 0 Å². The highest BCUT2D eigenvalue weighted by atomic mass is 32.1. The van der Waals surface area contributed by atoms with E-state index < -0.39 is 5.97 Å². The molecule has 1 aliphatic heterocycles. The predicted octanol–water partition coefficient (Wildman–Crippen LogP) is 3.14. The van der Waals surface area contributed by atoms with E-state index in [0.717, 1.165) is 42.5 Å². The zero-order valence-electron chi connectivity index (χ0n) is 11.8. The van der Waals surface area contributed by atoms with Crippen LogP contribution >= 0.6 is 11.3 Å². The van der Waals surface area contributed by atoms with Crippen LogP contribution in [0.4, 0.5) is 5.82 Å². The molecule has 0 aromatic carbocycles. The third-order valence-corrected chi connectivity index (χ3v) is 4.65. The van der Waals surface area contributed by atoms with Crippen LogP contribution in [0.15, 0.2) is 23.6 Å². The van der Waals surface area contributed by atoms with Gasteiger partial charge in [0.1, 0.15) is 5.82 Å². The highest BCUT2D eigenvalue weighted by Crippen LogP contribution is 2.26. The number of carboxylic acids is 1. The first-order chi connectivity index (χ1) is 10.1. The number of rotatable bonds is 3. The first-order valence-electron chi connectivity index (χ1n) is 7.04. The summed E-state index contributed by atoms with van der Waals surface area (Å²) in [4.78, 5) is 23.1. The summed E-state index contributed by atoms with van der Waals surface area (Å²) in [5, 5.41) is 11.2. The standard InChI is InChI=1S/C15H17N3O2S/c1-10-4-6-18(7-5-10)13-9-11(15(19)20)16-14(17-13)12-3-2-8-21-12/h2-3,8-10H,4-7H2,1H3,(H,19,20). The van der Waals surface area contributed by atoms with E-state index in [-0.39, 0.29) is 5.69 Å². The number of carbonyl (C=O) groups is 1. The third kappa shape index (κ3) is 3.05. The van der Waals surface area contributed by atoms with E-state index in [9.17, 15) is 9.90 Å². The molecule has 1 N–H and O–H groups in total. The maximum absolute atomic E-state index is 11.3. The van der Waals surface area contributed by atoms with Gasteiger partial charge in [-0.25, -0.2) is 14.8 Å². The Kier molecular flexibility index (Phi) is 3.88. The van der Waals surface area contributed by atoms with Crippen LogP contribution in [-0.2, 0) is 0 Å². The van der Waals surface area contributed by atoms with Gasteiger partial charge in [0.2, 0.25) is 0 Å². The summed E-state index contributed by atoms with van der Waals surface area (Å²) in [5.41, 5.74) is 0.0574. The fraction of sp³-hybridized carbons (Fsp3) is 0.400. The average molecular weight is 303 g/mol. The maximum atomic E-state index is 11.3. The van der Waals surface area contributed by atoms with Gasteiger partial charge in [0.05, 0.1) is 4.88 Å². The molecular formula is C15H17N3O2S. The summed E-state index contributed by atoms with van der Waals surface area (Å²) in [6.45, 7) is 4.08. The first-order valence-corrected chi connectivity index (χ1v) is 7.92. The number of nitrogens with zero attached hydrogens (tertiary/aromatic N) is 3. The van der Waals surface area contributed by atoms with E-state index in [1.807, 2.05) is 17.5 Å². The van der Waals surface area contributed by atoms with E-state index in [1.165, 1.54) is 11.3 Å². The van der Waals surface area contributed by atoms with Crippen molar-refractivity contribution in [2.24, 2.45) is 5.92 Å². The maximum Gasteiger partial charge on any atom is 0.354 e. The van der Waals surface area contributed by atoms with Crippen LogP contribution in [0.2, 0.25) is 0 Å². The zero-order valence-corrected chi connectivity index (χ0v) is 12.6. The quantitative estimate of drug-likeness (QED) is 0.943. The second-order valence-electron chi connectivity index (χ2n) is 5.39. The summed E-state index contributed by atoms with van der Waals surface area (Å²) in [6, 6.07) is 5.40. The Morgan fingerprint density at radius 3 is 2.76 bits per heavy atom. The number of piperidine rings is 1. The molecule has 1 saturated heterocycles. The first kappa shape index (κ1) is 14.0. The van der Waals surface area contributed by atoms with Crippen molar-refractivity contribution in [1.29, 1.82) is 0 Å². The second-order valence-corrected chi connectivity index (χ2v) is 6.33. The van der Waals surface area contributed by atoms with Gasteiger partial charge in [0.15, 0.2) is 11.5 Å². The molecule has 0 unspecified atom stereocenters. The Balaban J connectivity index is 1.98. The molecule has 0 bridgehead atoms. The molecule has 5 nitrogen and oxygen atoms in total. The van der Waals surface area contributed by atoms with Gasteiger partial charge in [-0.1, -0.05) is 13.0 Å². The van der Waals surface area contributed by atoms with Crippen molar-refractivity contribution >= 4 is 23.1 Å². The molecule has 2 aromatic heterocycles. The molecule has 0 saturated carbocycles. The fourth-order valence-corrected chi connectivity index (χ4v) is 3.12. The lowest BCUT2D eigenvalue weighted by molar-refractivity contribution is 0.0690. The van der Waals surface area contributed by atoms with E-state index in [4.69, 9.17) is 0 Å². The summed E-state index contributed by atoms with van der Waals surface area (Å²) >= 11 is 1.52. The second kappa shape index (κ2) is 5.81. The van der Waals surface area contributed by atoms with Gasteiger partial charge in [0, 0.05) is 19.2 Å². The molecular weight excluding hydrogens is 286 g/mol. The van der Waals surface area contributed by atoms with Crippen LogP contribution in [0.3, 0.4) is 0 Å². The summed E-state index contributed by atoms with van der Waals surface area (Å²) in [5.74, 6) is 0.928. The molecule has 2 aromatic rings. The Morgan fingerprint density at radius 1 is 1.38 bits per heavy atom. The minimum Gasteiger partial charge on any atom is -0.477 e. The average Bonchev–Trinajstić information content (AvgIpc) is 3.02. The highest BCUT2D eigenvalue weighted by molar-refractivity contribution is 7.13. The fourth-order valence-electron chi connectivity index (χ4n) is 2.46. The van der Waals surface area contributed by atoms with Crippen LogP contribution in [0.5, 0.6) is 0 Å². The van der Waals surface area contributed by atoms with Crippen molar-refractivity contribution in [2.45, 2.75) is 19.8 Å². The van der Waals surface area contributed by atoms with Crippen molar-refractivity contribution in [3.8, 4) is 10.7 Å². The van der Waals surface area contributed by atoms with Gasteiger partial charge in [-0.3, -0.25) is 0 Å².